The number of nitrogens with one attached hydrogen (secondary N) is 3. The molecule has 3 N–H and O–H groups in total. The minimum atomic E-state index is -1.44. The monoisotopic (exact) mass is 956 g/mol. The summed E-state index contributed by atoms with van der Waals surface area (Å²) in [6.07, 6.45) is 0.574. The summed E-state index contributed by atoms with van der Waals surface area (Å²) in [6.45, 7) is 13.4. The molecule has 1 aliphatic heterocycles. The first-order valence-corrected chi connectivity index (χ1v) is 24.3. The number of ether oxygens (including phenoxy) is 4. The molecule has 4 amide bonds. The average Bonchev–Trinajstić information content (AvgIpc) is 3.94. The molecule has 2 aliphatic rings. The molecule has 0 bridgehead atoms. The Balaban J connectivity index is 1.23. The Morgan fingerprint density at radius 1 is 0.853 bits per heavy atom. The van der Waals surface area contributed by atoms with Gasteiger partial charge in [0.1, 0.15) is 24.2 Å². The summed E-state index contributed by atoms with van der Waals surface area (Å²) in [6, 6.07) is 23.2. The lowest BCUT2D eigenvalue weighted by molar-refractivity contribution is -0.147. The number of nitrogens with zero attached hydrogens (tertiary/aromatic N) is 2. The Kier molecular flexibility index (Phi) is 19.1. The van der Waals surface area contributed by atoms with Crippen LogP contribution in [0.15, 0.2) is 78.9 Å². The van der Waals surface area contributed by atoms with Crippen LogP contribution in [0.3, 0.4) is 0 Å². The number of carbonyl (C=O) groups is 5. The van der Waals surface area contributed by atoms with Crippen molar-refractivity contribution in [2.45, 2.75) is 128 Å². The second-order valence-corrected chi connectivity index (χ2v) is 19.6. The molecule has 370 valence electrons. The molecule has 1 aliphatic carbocycles. The smallest absolute Gasteiger partial charge is 0.408 e. The number of alkyl carbamates (subject to hydrolysis) is 1. The van der Waals surface area contributed by atoms with E-state index in [1.807, 2.05) is 106 Å². The fraction of sp³-hybridized carbons (Fsp3) is 0.547. The Hall–Kier alpha value is -5.38. The van der Waals surface area contributed by atoms with Crippen molar-refractivity contribution < 1.29 is 42.9 Å². The molecular formula is C53H73N5O9S. The van der Waals surface area contributed by atoms with E-state index in [0.717, 1.165) is 34.2 Å². The zero-order valence-electron chi connectivity index (χ0n) is 41.7. The average molecular weight is 956 g/mol. The van der Waals surface area contributed by atoms with Crippen molar-refractivity contribution in [1.29, 1.82) is 0 Å². The summed E-state index contributed by atoms with van der Waals surface area (Å²) in [5, 5.41) is 8.87. The number of hydrogen-bond acceptors (Lipinski definition) is 10. The maximum absolute atomic E-state index is 14.6. The van der Waals surface area contributed by atoms with Gasteiger partial charge in [0.2, 0.25) is 17.7 Å². The normalized spacial score (nSPS) is 17.6. The molecular weight excluding hydrogens is 883 g/mol. The van der Waals surface area contributed by atoms with Gasteiger partial charge in [-0.15, -0.1) is 0 Å². The van der Waals surface area contributed by atoms with Gasteiger partial charge in [-0.25, -0.2) is 9.59 Å². The topological polar surface area (TPSA) is 165 Å². The van der Waals surface area contributed by atoms with E-state index in [4.69, 9.17) is 31.2 Å². The van der Waals surface area contributed by atoms with Crippen LogP contribution in [0.1, 0.15) is 96.8 Å². The lowest BCUT2D eigenvalue weighted by atomic mass is 9.89. The Bertz CT molecular complexity index is 2180. The molecule has 0 spiro atoms. The summed E-state index contributed by atoms with van der Waals surface area (Å²) >= 11 is 5.88. The molecule has 15 heteroatoms. The van der Waals surface area contributed by atoms with Crippen LogP contribution in [0.5, 0.6) is 0 Å². The molecule has 3 aromatic rings. The predicted octanol–water partition coefficient (Wildman–Crippen LogP) is 7.07. The van der Waals surface area contributed by atoms with Crippen molar-refractivity contribution in [3.05, 3.63) is 95.6 Å². The van der Waals surface area contributed by atoms with Crippen molar-refractivity contribution >= 4 is 47.0 Å². The molecule has 14 nitrogen and oxygen atoms in total. The summed E-state index contributed by atoms with van der Waals surface area (Å²) in [5.41, 5.74) is 3.86. The minimum absolute atomic E-state index is 0.00950. The van der Waals surface area contributed by atoms with Crippen molar-refractivity contribution in [3.63, 3.8) is 0 Å². The highest BCUT2D eigenvalue weighted by Gasteiger charge is 2.43. The van der Waals surface area contributed by atoms with Crippen molar-refractivity contribution in [3.8, 4) is 11.1 Å². The number of thiocarbonyl (C=S) groups is 1. The zero-order valence-corrected chi connectivity index (χ0v) is 42.5. The van der Waals surface area contributed by atoms with E-state index in [9.17, 15) is 24.0 Å². The lowest BCUT2D eigenvalue weighted by Crippen LogP contribution is -2.62. The summed E-state index contributed by atoms with van der Waals surface area (Å²) in [5.74, 6) is -2.44. The maximum Gasteiger partial charge on any atom is 0.408 e. The quantitative estimate of drug-likeness (QED) is 0.0698. The molecule has 0 radical (unpaired) electrons. The second kappa shape index (κ2) is 24.3. The first kappa shape index (κ1) is 53.6. The molecule has 1 fully saturated rings. The standard InChI is InChI=1S/C53H73N5O9S/c1-12-33(4)46(43(64-9)30-44(59)58-28-20-27-42(58)47(65-10)34(5)48(68)54-41(50(61)66-11)29-35-21-14-13-15-22-35)57(8)49(60)45(32(2)3)55-51(62)53(6,7)56-52(63)67-31-40-38-25-18-16-23-36(38)37-24-17-19-26-39(37)40/h13-19,21-26,32-34,40-43,45-47H,12,20,27-31H2,1-11H3,(H,54,68)(H,55,62)(H,56,63)/t33-,34+,41-,42-,43+,45-,46-,47+/m0/s1. The third-order valence-corrected chi connectivity index (χ3v) is 14.4. The van der Waals surface area contributed by atoms with Crippen LogP contribution in [-0.2, 0) is 44.5 Å². The number of hydrogen-bond donors (Lipinski definition) is 3. The van der Waals surface area contributed by atoms with E-state index in [2.05, 4.69) is 28.1 Å². The van der Waals surface area contributed by atoms with Gasteiger partial charge < -0.3 is 44.7 Å². The molecule has 0 aromatic heterocycles. The van der Waals surface area contributed by atoms with E-state index in [1.165, 1.54) is 7.11 Å². The number of likely N-dealkylation sites (tertiary alicyclic amines) is 1. The third kappa shape index (κ3) is 12.6. The van der Waals surface area contributed by atoms with Crippen LogP contribution in [0.25, 0.3) is 11.1 Å². The first-order chi connectivity index (χ1) is 32.4. The van der Waals surface area contributed by atoms with Gasteiger partial charge in [-0.3, -0.25) is 14.4 Å². The largest absolute Gasteiger partial charge is 0.467 e. The van der Waals surface area contributed by atoms with E-state index < -0.39 is 53.8 Å². The van der Waals surface area contributed by atoms with Gasteiger partial charge in [0.05, 0.1) is 42.8 Å². The molecule has 68 heavy (non-hydrogen) atoms. The van der Waals surface area contributed by atoms with Gasteiger partial charge in [0.15, 0.2) is 0 Å². The number of benzene rings is 3. The van der Waals surface area contributed by atoms with Gasteiger partial charge in [-0.05, 0) is 66.3 Å². The third-order valence-electron chi connectivity index (χ3n) is 13.9. The van der Waals surface area contributed by atoms with Crippen LogP contribution < -0.4 is 16.0 Å². The number of esters is 1. The number of rotatable bonds is 22. The highest BCUT2D eigenvalue weighted by atomic mass is 32.1. The fourth-order valence-corrected chi connectivity index (χ4v) is 10.1. The summed E-state index contributed by atoms with van der Waals surface area (Å²) in [7, 11) is 6.18. The van der Waals surface area contributed by atoms with Gasteiger partial charge in [-0.1, -0.05) is 132 Å². The van der Waals surface area contributed by atoms with Crippen LogP contribution in [0, 0.1) is 17.8 Å². The van der Waals surface area contributed by atoms with Crippen molar-refractivity contribution in [2.24, 2.45) is 17.8 Å². The molecule has 1 saturated heterocycles. The van der Waals surface area contributed by atoms with Gasteiger partial charge in [0, 0.05) is 46.1 Å². The summed E-state index contributed by atoms with van der Waals surface area (Å²) < 4.78 is 23.0. The van der Waals surface area contributed by atoms with Gasteiger partial charge in [0.25, 0.3) is 0 Å². The van der Waals surface area contributed by atoms with E-state index in [-0.39, 0.29) is 54.6 Å². The SMILES string of the molecule is CC[C@H](C)[C@@H]([C@@H](CC(=O)N1CCC[C@H]1[C@H](OC)[C@@H](C)C(=S)N[C@@H](Cc1ccccc1)C(=O)OC)OC)N(C)C(=O)[C@@H](NC(=O)C(C)(C)NC(=O)OCC1c2ccccc2-c2ccccc21)C(C)C. The molecule has 5 rings (SSSR count). The van der Waals surface area contributed by atoms with Crippen LogP contribution >= 0.6 is 12.2 Å². The van der Waals surface area contributed by atoms with Gasteiger partial charge >= 0.3 is 12.1 Å². The van der Waals surface area contributed by atoms with Gasteiger partial charge in [-0.2, -0.15) is 0 Å². The van der Waals surface area contributed by atoms with Crippen molar-refractivity contribution in [1.82, 2.24) is 25.8 Å². The predicted molar refractivity (Wildman–Crippen MR) is 267 cm³/mol. The number of fused-ring (bicyclic) bond motifs is 3. The first-order valence-electron chi connectivity index (χ1n) is 23.9. The molecule has 0 unspecified atom stereocenters. The van der Waals surface area contributed by atoms with Crippen LogP contribution in [-0.4, -0.2) is 128 Å². The van der Waals surface area contributed by atoms with E-state index in [0.29, 0.717) is 30.8 Å². The minimum Gasteiger partial charge on any atom is -0.467 e. The highest BCUT2D eigenvalue weighted by molar-refractivity contribution is 7.80. The Morgan fingerprint density at radius 3 is 2.01 bits per heavy atom. The van der Waals surface area contributed by atoms with Crippen molar-refractivity contribution in [2.75, 3.05) is 41.5 Å². The Morgan fingerprint density at radius 2 is 1.46 bits per heavy atom. The molecule has 1 heterocycles. The maximum atomic E-state index is 14.6. The lowest BCUT2D eigenvalue weighted by Gasteiger charge is -2.41. The highest BCUT2D eigenvalue weighted by Crippen LogP contribution is 2.44. The molecule has 0 saturated carbocycles. The fourth-order valence-electron chi connectivity index (χ4n) is 9.80. The van der Waals surface area contributed by atoms with Crippen LogP contribution in [0.2, 0.25) is 0 Å². The van der Waals surface area contributed by atoms with Crippen LogP contribution in [0.4, 0.5) is 4.79 Å². The number of likely N-dealkylation sites (N-methyl/N-ethyl adjacent to an activating group) is 1. The van der Waals surface area contributed by atoms with E-state index in [1.54, 1.807) is 40.0 Å². The zero-order chi connectivity index (χ0) is 49.9. The Labute approximate surface area is 408 Å². The second-order valence-electron chi connectivity index (χ2n) is 19.1. The number of methoxy groups -OCH3 is 3. The van der Waals surface area contributed by atoms with E-state index >= 15 is 0 Å². The molecule has 3 aromatic carbocycles. The molecule has 8 atom stereocenters. The summed E-state index contributed by atoms with van der Waals surface area (Å²) in [4.78, 5) is 73.0. The number of carbonyl (C=O) groups excluding carboxylic acids is 5. The number of amides is 4.